The summed E-state index contributed by atoms with van der Waals surface area (Å²) in [6, 6.07) is 8.14. The molecule has 1 saturated heterocycles. The van der Waals surface area contributed by atoms with Crippen LogP contribution in [0.1, 0.15) is 39.5 Å². The van der Waals surface area contributed by atoms with E-state index in [4.69, 9.17) is 5.73 Å². The smallest absolute Gasteiger partial charge is 0.273 e. The van der Waals surface area contributed by atoms with Crippen LogP contribution in [0.25, 0.3) is 0 Å². The summed E-state index contributed by atoms with van der Waals surface area (Å²) in [5.74, 6) is -0.0456. The molecule has 1 fully saturated rings. The minimum Gasteiger partial charge on any atom is -0.352 e. The second-order valence-corrected chi connectivity index (χ2v) is 7.54. The molecule has 2 heterocycles. The zero-order valence-electron chi connectivity index (χ0n) is 14.9. The Kier molecular flexibility index (Phi) is 6.00. The monoisotopic (exact) mass is 372 g/mol. The van der Waals surface area contributed by atoms with Crippen LogP contribution in [0.2, 0.25) is 0 Å². The fourth-order valence-corrected chi connectivity index (χ4v) is 3.70. The van der Waals surface area contributed by atoms with Gasteiger partial charge in [0.15, 0.2) is 0 Å². The van der Waals surface area contributed by atoms with E-state index in [1.807, 2.05) is 31.2 Å². The van der Waals surface area contributed by atoms with E-state index in [1.54, 1.807) is 10.3 Å². The number of amides is 2. The minimum absolute atomic E-state index is 0.0421. The van der Waals surface area contributed by atoms with Crippen molar-refractivity contribution >= 4 is 23.2 Å². The fraction of sp³-hybridized carbons (Fsp3) is 0.421. The second-order valence-electron chi connectivity index (χ2n) is 6.60. The number of carbonyl (C=O) groups is 2. The van der Waals surface area contributed by atoms with Gasteiger partial charge in [-0.1, -0.05) is 29.8 Å². The maximum atomic E-state index is 12.5. The molecule has 0 unspecified atom stereocenters. The van der Waals surface area contributed by atoms with Crippen LogP contribution in [0.3, 0.4) is 0 Å². The van der Waals surface area contributed by atoms with Crippen LogP contribution in [0.15, 0.2) is 29.6 Å². The van der Waals surface area contributed by atoms with Gasteiger partial charge < -0.3 is 16.0 Å². The first-order chi connectivity index (χ1) is 12.6. The first kappa shape index (κ1) is 18.5. The van der Waals surface area contributed by atoms with E-state index in [-0.39, 0.29) is 17.7 Å². The molecule has 3 rings (SSSR count). The summed E-state index contributed by atoms with van der Waals surface area (Å²) >= 11 is 1.40. The molecule has 2 aromatic rings. The zero-order valence-corrected chi connectivity index (χ0v) is 15.7. The Labute approximate surface area is 157 Å². The van der Waals surface area contributed by atoms with Crippen molar-refractivity contribution in [2.45, 2.75) is 32.9 Å². The SMILES string of the molecule is Cc1ccc(CNC(=O)C2CCN(C(=O)c3csc(CN)n3)CC2)cc1. The molecule has 1 aromatic carbocycles. The number of rotatable bonds is 5. The molecule has 0 bridgehead atoms. The number of aromatic nitrogens is 1. The zero-order chi connectivity index (χ0) is 18.5. The van der Waals surface area contributed by atoms with Crippen molar-refractivity contribution in [3.8, 4) is 0 Å². The highest BCUT2D eigenvalue weighted by atomic mass is 32.1. The number of nitrogens with zero attached hydrogens (tertiary/aromatic N) is 2. The van der Waals surface area contributed by atoms with Gasteiger partial charge >= 0.3 is 0 Å². The third kappa shape index (κ3) is 4.47. The van der Waals surface area contributed by atoms with Crippen LogP contribution >= 0.6 is 11.3 Å². The number of thiazole rings is 1. The molecule has 2 amide bonds. The lowest BCUT2D eigenvalue weighted by Crippen LogP contribution is -2.43. The quantitative estimate of drug-likeness (QED) is 0.841. The van der Waals surface area contributed by atoms with Crippen LogP contribution in [0.4, 0.5) is 0 Å². The van der Waals surface area contributed by atoms with E-state index in [0.29, 0.717) is 44.7 Å². The van der Waals surface area contributed by atoms with E-state index >= 15 is 0 Å². The Hall–Kier alpha value is -2.25. The average molecular weight is 372 g/mol. The fourth-order valence-electron chi connectivity index (χ4n) is 3.05. The van der Waals surface area contributed by atoms with Gasteiger partial charge in [0, 0.05) is 37.5 Å². The van der Waals surface area contributed by atoms with Crippen molar-refractivity contribution in [3.63, 3.8) is 0 Å². The van der Waals surface area contributed by atoms with E-state index < -0.39 is 0 Å². The van der Waals surface area contributed by atoms with E-state index in [1.165, 1.54) is 16.9 Å². The molecule has 0 aliphatic carbocycles. The predicted molar refractivity (Wildman–Crippen MR) is 102 cm³/mol. The minimum atomic E-state index is -0.0699. The summed E-state index contributed by atoms with van der Waals surface area (Å²) in [5, 5.41) is 5.53. The van der Waals surface area contributed by atoms with Crippen LogP contribution in [0.5, 0.6) is 0 Å². The third-order valence-corrected chi connectivity index (χ3v) is 5.56. The van der Waals surface area contributed by atoms with Crippen molar-refractivity contribution in [1.82, 2.24) is 15.2 Å². The van der Waals surface area contributed by atoms with E-state index in [9.17, 15) is 9.59 Å². The Bertz CT molecular complexity index is 764. The third-order valence-electron chi connectivity index (χ3n) is 4.69. The molecule has 6 nitrogen and oxygen atoms in total. The lowest BCUT2D eigenvalue weighted by molar-refractivity contribution is -0.126. The number of nitrogens with one attached hydrogen (secondary N) is 1. The predicted octanol–water partition coefficient (Wildman–Crippen LogP) is 2.08. The maximum Gasteiger partial charge on any atom is 0.273 e. The van der Waals surface area contributed by atoms with Crippen molar-refractivity contribution < 1.29 is 9.59 Å². The Balaban J connectivity index is 1.47. The summed E-state index contributed by atoms with van der Waals surface area (Å²) < 4.78 is 0. The number of carbonyl (C=O) groups excluding carboxylic acids is 2. The molecule has 1 aromatic heterocycles. The molecular weight excluding hydrogens is 348 g/mol. The van der Waals surface area contributed by atoms with Gasteiger partial charge in [0.1, 0.15) is 10.7 Å². The topological polar surface area (TPSA) is 88.3 Å². The van der Waals surface area contributed by atoms with Crippen LogP contribution in [-0.4, -0.2) is 34.8 Å². The lowest BCUT2D eigenvalue weighted by atomic mass is 9.95. The molecule has 7 heteroatoms. The van der Waals surface area contributed by atoms with Gasteiger partial charge in [0.2, 0.25) is 5.91 Å². The molecule has 0 atom stereocenters. The Morgan fingerprint density at radius 3 is 2.58 bits per heavy atom. The van der Waals surface area contributed by atoms with Crippen molar-refractivity contribution in [1.29, 1.82) is 0 Å². The van der Waals surface area contributed by atoms with Crippen LogP contribution in [-0.2, 0) is 17.9 Å². The van der Waals surface area contributed by atoms with Crippen molar-refractivity contribution in [2.24, 2.45) is 11.7 Å². The number of aryl methyl sites for hydroxylation is 1. The van der Waals surface area contributed by atoms with Gasteiger partial charge in [-0.25, -0.2) is 4.98 Å². The molecule has 138 valence electrons. The first-order valence-electron chi connectivity index (χ1n) is 8.84. The molecular formula is C19H24N4O2S. The molecule has 1 aliphatic rings. The molecule has 0 saturated carbocycles. The molecule has 1 aliphatic heterocycles. The maximum absolute atomic E-state index is 12.5. The summed E-state index contributed by atoms with van der Waals surface area (Å²) in [4.78, 5) is 30.9. The number of hydrogen-bond donors (Lipinski definition) is 2. The average Bonchev–Trinajstić information content (AvgIpc) is 3.16. The van der Waals surface area contributed by atoms with Crippen LogP contribution < -0.4 is 11.1 Å². The summed E-state index contributed by atoms with van der Waals surface area (Å²) in [6.07, 6.45) is 1.36. The molecule has 0 radical (unpaired) electrons. The van der Waals surface area contributed by atoms with Gasteiger partial charge in [-0.15, -0.1) is 11.3 Å². The van der Waals surface area contributed by atoms with Gasteiger partial charge in [0.05, 0.1) is 0 Å². The highest BCUT2D eigenvalue weighted by molar-refractivity contribution is 7.09. The molecule has 26 heavy (non-hydrogen) atoms. The normalized spacial score (nSPS) is 15.1. The number of nitrogens with two attached hydrogens (primary N) is 1. The van der Waals surface area contributed by atoms with Crippen molar-refractivity contribution in [3.05, 3.63) is 51.5 Å². The van der Waals surface area contributed by atoms with Gasteiger partial charge in [-0.2, -0.15) is 0 Å². The summed E-state index contributed by atoms with van der Waals surface area (Å²) in [5.41, 5.74) is 8.30. The largest absolute Gasteiger partial charge is 0.352 e. The first-order valence-corrected chi connectivity index (χ1v) is 9.72. The number of likely N-dealkylation sites (tertiary alicyclic amines) is 1. The number of benzene rings is 1. The lowest BCUT2D eigenvalue weighted by Gasteiger charge is -2.31. The summed E-state index contributed by atoms with van der Waals surface area (Å²) in [6.45, 7) is 4.09. The number of hydrogen-bond acceptors (Lipinski definition) is 5. The highest BCUT2D eigenvalue weighted by Gasteiger charge is 2.28. The van der Waals surface area contributed by atoms with Crippen molar-refractivity contribution in [2.75, 3.05) is 13.1 Å². The van der Waals surface area contributed by atoms with Gasteiger partial charge in [0.25, 0.3) is 5.91 Å². The highest BCUT2D eigenvalue weighted by Crippen LogP contribution is 2.20. The standard InChI is InChI=1S/C19H24N4O2S/c1-13-2-4-14(5-3-13)11-21-18(24)15-6-8-23(9-7-15)19(25)16-12-26-17(10-20)22-16/h2-5,12,15H,6-11,20H2,1H3,(H,21,24). The number of piperidine rings is 1. The van der Waals surface area contributed by atoms with Gasteiger partial charge in [-0.3, -0.25) is 9.59 Å². The molecule has 0 spiro atoms. The van der Waals surface area contributed by atoms with Gasteiger partial charge in [-0.05, 0) is 25.3 Å². The Morgan fingerprint density at radius 2 is 1.96 bits per heavy atom. The Morgan fingerprint density at radius 1 is 1.27 bits per heavy atom. The van der Waals surface area contributed by atoms with E-state index in [2.05, 4.69) is 10.3 Å². The van der Waals surface area contributed by atoms with Crippen LogP contribution in [0, 0.1) is 12.8 Å². The molecule has 3 N–H and O–H groups in total. The second kappa shape index (κ2) is 8.42. The van der Waals surface area contributed by atoms with E-state index in [0.717, 1.165) is 10.6 Å². The summed E-state index contributed by atoms with van der Waals surface area (Å²) in [7, 11) is 0.